The minimum absolute atomic E-state index is 0.392. The van der Waals surface area contributed by atoms with Gasteiger partial charge in [-0.25, -0.2) is 0 Å². The second kappa shape index (κ2) is 8.72. The van der Waals surface area contributed by atoms with Crippen LogP contribution in [-0.4, -0.2) is 0 Å². The first-order chi connectivity index (χ1) is 13.2. The van der Waals surface area contributed by atoms with E-state index in [-0.39, 0.29) is 0 Å². The first-order valence-corrected chi connectivity index (χ1v) is 8.66. The molecular formula is C23H15ClN2O. The maximum atomic E-state index is 9.44. The lowest BCUT2D eigenvalue weighted by atomic mass is 10.0. The Morgan fingerprint density at radius 2 is 1.63 bits per heavy atom. The van der Waals surface area contributed by atoms with Crippen molar-refractivity contribution in [2.45, 2.75) is 6.61 Å². The summed E-state index contributed by atoms with van der Waals surface area (Å²) in [6.45, 7) is 0.392. The monoisotopic (exact) mass is 370 g/mol. The summed E-state index contributed by atoms with van der Waals surface area (Å²) in [7, 11) is 0. The molecule has 0 amide bonds. The molecule has 27 heavy (non-hydrogen) atoms. The number of hydrogen-bond acceptors (Lipinski definition) is 3. The van der Waals surface area contributed by atoms with E-state index in [0.29, 0.717) is 22.8 Å². The highest BCUT2D eigenvalue weighted by Gasteiger charge is 2.03. The average molecular weight is 371 g/mol. The molecule has 0 bridgehead atoms. The summed E-state index contributed by atoms with van der Waals surface area (Å²) in [4.78, 5) is 0. The third-order valence-corrected chi connectivity index (χ3v) is 4.36. The lowest BCUT2D eigenvalue weighted by molar-refractivity contribution is 0.306. The fraction of sp³-hybridized carbons (Fsp3) is 0.0435. The Morgan fingerprint density at radius 3 is 2.26 bits per heavy atom. The van der Waals surface area contributed by atoms with Gasteiger partial charge in [-0.3, -0.25) is 0 Å². The van der Waals surface area contributed by atoms with Crippen LogP contribution in [0, 0.1) is 22.7 Å². The predicted molar refractivity (Wildman–Crippen MR) is 107 cm³/mol. The first kappa shape index (κ1) is 18.3. The molecule has 3 nitrogen and oxygen atoms in total. The van der Waals surface area contributed by atoms with Crippen LogP contribution in [-0.2, 0) is 6.61 Å². The molecule has 0 aliphatic heterocycles. The van der Waals surface area contributed by atoms with Gasteiger partial charge in [-0.15, -0.1) is 0 Å². The van der Waals surface area contributed by atoms with Crippen molar-refractivity contribution in [3.63, 3.8) is 0 Å². The highest BCUT2D eigenvalue weighted by molar-refractivity contribution is 6.31. The number of allylic oxidation sites excluding steroid dienone is 1. The number of ether oxygens (including phenoxy) is 1. The molecular weight excluding hydrogens is 356 g/mol. The molecule has 4 heteroatoms. The van der Waals surface area contributed by atoms with Crippen molar-refractivity contribution in [1.29, 1.82) is 10.5 Å². The Labute approximate surface area is 163 Å². The lowest BCUT2D eigenvalue weighted by Crippen LogP contribution is -1.95. The number of halogens is 1. The van der Waals surface area contributed by atoms with E-state index in [1.165, 1.54) is 0 Å². The lowest BCUT2D eigenvalue weighted by Gasteiger charge is -2.08. The van der Waals surface area contributed by atoms with Crippen molar-refractivity contribution in [3.8, 4) is 17.9 Å². The van der Waals surface area contributed by atoms with Crippen LogP contribution < -0.4 is 4.74 Å². The maximum Gasteiger partial charge on any atom is 0.119 e. The number of nitrogens with zero attached hydrogens (tertiary/aromatic N) is 2. The molecule has 0 N–H and O–H groups in total. The molecule has 0 aliphatic rings. The molecule has 3 aromatic carbocycles. The van der Waals surface area contributed by atoms with Crippen molar-refractivity contribution in [2.24, 2.45) is 0 Å². The zero-order valence-corrected chi connectivity index (χ0v) is 15.1. The summed E-state index contributed by atoms with van der Waals surface area (Å²) in [5, 5.41) is 19.0. The second-order valence-electron chi connectivity index (χ2n) is 5.81. The number of nitriles is 2. The van der Waals surface area contributed by atoms with Crippen LogP contribution in [0.3, 0.4) is 0 Å². The van der Waals surface area contributed by atoms with Gasteiger partial charge in [0.25, 0.3) is 0 Å². The molecule has 3 aromatic rings. The molecule has 130 valence electrons. The molecule has 0 heterocycles. The fourth-order valence-corrected chi connectivity index (χ4v) is 2.70. The van der Waals surface area contributed by atoms with Crippen molar-refractivity contribution in [3.05, 3.63) is 100 Å². The van der Waals surface area contributed by atoms with Crippen LogP contribution in [0.15, 0.2) is 72.8 Å². The SMILES string of the molecule is N#C/C(=C/c1ccc(OCc2ccccc2Cl)cc1)c1ccc(C#N)cc1. The van der Waals surface area contributed by atoms with Gasteiger partial charge in [-0.05, 0) is 47.5 Å². The van der Waals surface area contributed by atoms with E-state index in [9.17, 15) is 5.26 Å². The zero-order chi connectivity index (χ0) is 19.1. The predicted octanol–water partition coefficient (Wildman–Crippen LogP) is 5.85. The van der Waals surface area contributed by atoms with Crippen LogP contribution in [0.5, 0.6) is 5.75 Å². The van der Waals surface area contributed by atoms with E-state index in [0.717, 1.165) is 22.4 Å². The summed E-state index contributed by atoms with van der Waals surface area (Å²) in [6.07, 6.45) is 1.80. The van der Waals surface area contributed by atoms with E-state index in [1.54, 1.807) is 30.3 Å². The Hall–Kier alpha value is -3.53. The maximum absolute atomic E-state index is 9.44. The van der Waals surface area contributed by atoms with Gasteiger partial charge in [0, 0.05) is 10.6 Å². The summed E-state index contributed by atoms with van der Waals surface area (Å²) >= 11 is 6.13. The van der Waals surface area contributed by atoms with Gasteiger partial charge < -0.3 is 4.74 Å². The molecule has 0 aliphatic carbocycles. The molecule has 0 aromatic heterocycles. The van der Waals surface area contributed by atoms with Gasteiger partial charge >= 0.3 is 0 Å². The molecule has 0 saturated heterocycles. The van der Waals surface area contributed by atoms with Gasteiger partial charge in [0.2, 0.25) is 0 Å². The third kappa shape index (κ3) is 4.76. The van der Waals surface area contributed by atoms with Gasteiger partial charge in [-0.2, -0.15) is 10.5 Å². The van der Waals surface area contributed by atoms with Crippen LogP contribution in [0.2, 0.25) is 5.02 Å². The average Bonchev–Trinajstić information content (AvgIpc) is 2.72. The molecule has 0 saturated carbocycles. The van der Waals surface area contributed by atoms with Gasteiger partial charge in [0.15, 0.2) is 0 Å². The molecule has 3 rings (SSSR count). The minimum atomic E-state index is 0.392. The van der Waals surface area contributed by atoms with Crippen LogP contribution in [0.25, 0.3) is 11.6 Å². The summed E-state index contributed by atoms with van der Waals surface area (Å²) in [6, 6.07) is 26.3. The number of benzene rings is 3. The van der Waals surface area contributed by atoms with Crippen molar-refractivity contribution in [2.75, 3.05) is 0 Å². The van der Waals surface area contributed by atoms with E-state index < -0.39 is 0 Å². The van der Waals surface area contributed by atoms with Gasteiger partial charge in [-0.1, -0.05) is 54.1 Å². The van der Waals surface area contributed by atoms with E-state index in [1.807, 2.05) is 48.5 Å². The van der Waals surface area contributed by atoms with Crippen molar-refractivity contribution < 1.29 is 4.74 Å². The molecule has 0 atom stereocenters. The Morgan fingerprint density at radius 1 is 0.926 bits per heavy atom. The molecule has 0 radical (unpaired) electrons. The summed E-state index contributed by atoms with van der Waals surface area (Å²) in [5.74, 6) is 0.726. The number of hydrogen-bond donors (Lipinski definition) is 0. The molecule has 0 fully saturated rings. The Kier molecular flexibility index (Phi) is 5.90. The van der Waals surface area contributed by atoms with E-state index in [2.05, 4.69) is 12.1 Å². The highest BCUT2D eigenvalue weighted by atomic mass is 35.5. The number of rotatable bonds is 5. The summed E-state index contributed by atoms with van der Waals surface area (Å²) < 4.78 is 5.77. The molecule has 0 unspecified atom stereocenters. The first-order valence-electron chi connectivity index (χ1n) is 8.28. The Balaban J connectivity index is 1.72. The zero-order valence-electron chi connectivity index (χ0n) is 14.4. The Bertz CT molecular complexity index is 1040. The van der Waals surface area contributed by atoms with Crippen molar-refractivity contribution in [1.82, 2.24) is 0 Å². The van der Waals surface area contributed by atoms with Crippen LogP contribution in [0.4, 0.5) is 0 Å². The third-order valence-electron chi connectivity index (χ3n) is 3.99. The minimum Gasteiger partial charge on any atom is -0.489 e. The van der Waals surface area contributed by atoms with Crippen molar-refractivity contribution >= 4 is 23.3 Å². The fourth-order valence-electron chi connectivity index (χ4n) is 2.51. The van der Waals surface area contributed by atoms with E-state index in [4.69, 9.17) is 21.6 Å². The van der Waals surface area contributed by atoms with Gasteiger partial charge in [0.05, 0.1) is 23.3 Å². The normalized spacial score (nSPS) is 10.7. The highest BCUT2D eigenvalue weighted by Crippen LogP contribution is 2.22. The van der Waals surface area contributed by atoms with Crippen LogP contribution >= 0.6 is 11.6 Å². The largest absolute Gasteiger partial charge is 0.489 e. The second-order valence-corrected chi connectivity index (χ2v) is 6.22. The van der Waals surface area contributed by atoms with Gasteiger partial charge in [0.1, 0.15) is 12.4 Å². The summed E-state index contributed by atoms with van der Waals surface area (Å²) in [5.41, 5.74) is 3.69. The quantitative estimate of drug-likeness (QED) is 0.417. The molecule has 0 spiro atoms. The smallest absolute Gasteiger partial charge is 0.119 e. The topological polar surface area (TPSA) is 56.8 Å². The standard InChI is InChI=1S/C23H15ClN2O/c24-23-4-2-1-3-20(23)16-27-22-11-7-17(8-12-22)13-21(15-26)19-9-5-18(14-25)6-10-19/h1-13H,16H2/b21-13-. The van der Waals surface area contributed by atoms with E-state index >= 15 is 0 Å². The van der Waals surface area contributed by atoms with Crippen LogP contribution in [0.1, 0.15) is 22.3 Å².